The van der Waals surface area contributed by atoms with Gasteiger partial charge in [-0.05, 0) is 83.2 Å². The number of rotatable bonds is 3. The Morgan fingerprint density at radius 1 is 0.383 bits per heavy atom. The van der Waals surface area contributed by atoms with Crippen molar-refractivity contribution in [3.63, 3.8) is 0 Å². The van der Waals surface area contributed by atoms with Gasteiger partial charge in [0.1, 0.15) is 11.2 Å². The summed E-state index contributed by atoms with van der Waals surface area (Å²) in [6.07, 6.45) is 0. The molecule has 9 aromatic carbocycles. The first-order valence-electron chi connectivity index (χ1n) is 20.8. The van der Waals surface area contributed by atoms with E-state index in [1.54, 1.807) is 0 Å². The fourth-order valence-corrected chi connectivity index (χ4v) is 7.14. The largest absolute Gasteiger partial charge is 0.455 e. The quantitative estimate of drug-likeness (QED) is 0.182. The average molecular weight is 608 g/mol. The van der Waals surface area contributed by atoms with Crippen molar-refractivity contribution in [3.8, 4) is 33.4 Å². The van der Waals surface area contributed by atoms with Gasteiger partial charge in [-0.1, -0.05) is 157 Å². The summed E-state index contributed by atoms with van der Waals surface area (Å²) < 4.78 is 104. The van der Waals surface area contributed by atoms with E-state index >= 15 is 0 Å². The zero-order valence-corrected chi connectivity index (χ0v) is 24.7. The monoisotopic (exact) mass is 607 g/mol. The van der Waals surface area contributed by atoms with Crippen molar-refractivity contribution in [3.05, 3.63) is 170 Å². The van der Waals surface area contributed by atoms with Gasteiger partial charge in [-0.25, -0.2) is 0 Å². The second kappa shape index (κ2) is 10.2. The predicted molar refractivity (Wildman–Crippen MR) is 200 cm³/mol. The summed E-state index contributed by atoms with van der Waals surface area (Å²) in [5.74, 6) is 0. The lowest BCUT2D eigenvalue weighted by molar-refractivity contribution is 0.673. The topological polar surface area (TPSA) is 13.1 Å². The highest BCUT2D eigenvalue weighted by Gasteiger charge is 2.22. The van der Waals surface area contributed by atoms with Crippen LogP contribution in [0.2, 0.25) is 0 Å². The normalized spacial score (nSPS) is 15.1. The van der Waals surface area contributed by atoms with Gasteiger partial charge in [-0.3, -0.25) is 0 Å². The van der Waals surface area contributed by atoms with Gasteiger partial charge in [0.25, 0.3) is 0 Å². The first-order valence-corrected chi connectivity index (χ1v) is 15.3. The molecule has 0 amide bonds. The van der Waals surface area contributed by atoms with E-state index in [0.717, 1.165) is 49.0 Å². The highest BCUT2D eigenvalue weighted by molar-refractivity contribution is 6.28. The molecule has 218 valence electrons. The Morgan fingerprint density at radius 2 is 0.957 bits per heavy atom. The molecule has 0 aliphatic heterocycles. The van der Waals surface area contributed by atoms with Crippen LogP contribution in [-0.2, 0) is 0 Å². The minimum absolute atomic E-state index is 0.0699. The van der Waals surface area contributed by atoms with Crippen LogP contribution in [0.5, 0.6) is 0 Å². The molecule has 0 N–H and O–H groups in total. The Morgan fingerprint density at radius 3 is 1.66 bits per heavy atom. The summed E-state index contributed by atoms with van der Waals surface area (Å²) in [4.78, 5) is 0. The minimum Gasteiger partial charge on any atom is -0.455 e. The van der Waals surface area contributed by atoms with Gasteiger partial charge in [0, 0.05) is 16.2 Å². The average Bonchev–Trinajstić information content (AvgIpc) is 3.64. The summed E-state index contributed by atoms with van der Waals surface area (Å²) in [7, 11) is 0. The molecule has 0 atom stereocenters. The van der Waals surface area contributed by atoms with Crippen molar-refractivity contribution in [1.82, 2.24) is 0 Å². The Bertz CT molecular complexity index is 3390. The van der Waals surface area contributed by atoms with Crippen LogP contribution in [0.15, 0.2) is 174 Å². The molecule has 0 bridgehead atoms. The minimum atomic E-state index is -0.666. The summed E-state index contributed by atoms with van der Waals surface area (Å²) in [6.45, 7) is 0. The number of hydrogen-bond acceptors (Lipinski definition) is 1. The third-order valence-corrected chi connectivity index (χ3v) is 9.09. The van der Waals surface area contributed by atoms with Crippen molar-refractivity contribution in [2.45, 2.75) is 0 Å². The molecule has 0 unspecified atom stereocenters. The molecule has 0 aliphatic carbocycles. The number of hydrogen-bond donors (Lipinski definition) is 0. The number of furan rings is 1. The first-order chi connectivity index (χ1) is 27.9. The molecule has 47 heavy (non-hydrogen) atoms. The molecule has 0 saturated carbocycles. The molecule has 0 spiro atoms. The highest BCUT2D eigenvalue weighted by Crippen LogP contribution is 2.49. The van der Waals surface area contributed by atoms with Crippen LogP contribution in [0.25, 0.3) is 98.4 Å². The maximum atomic E-state index is 9.69. The molecule has 1 heteroatoms. The highest BCUT2D eigenvalue weighted by atomic mass is 16.3. The molecule has 0 radical (unpaired) electrons. The number of fused-ring (bicyclic) bond motifs is 8. The van der Waals surface area contributed by atoms with Crippen molar-refractivity contribution in [2.24, 2.45) is 0 Å². The lowest BCUT2D eigenvalue weighted by Crippen LogP contribution is -1.92. The summed E-state index contributed by atoms with van der Waals surface area (Å²) in [5.41, 5.74) is 3.06. The molecular weight excluding hydrogens is 569 g/mol. The van der Waals surface area contributed by atoms with Crippen molar-refractivity contribution in [1.29, 1.82) is 0 Å². The predicted octanol–water partition coefficient (Wildman–Crippen LogP) is 13.2. The van der Waals surface area contributed by atoms with Crippen molar-refractivity contribution < 1.29 is 19.5 Å². The van der Waals surface area contributed by atoms with Crippen LogP contribution >= 0.6 is 0 Å². The van der Waals surface area contributed by atoms with Crippen LogP contribution in [0.1, 0.15) is 15.1 Å². The molecule has 0 aliphatic rings. The van der Waals surface area contributed by atoms with E-state index in [1.165, 1.54) is 0 Å². The third-order valence-electron chi connectivity index (χ3n) is 9.09. The standard InChI is InChI=1S/C46H28O/c1-2-13-29(14-3-1)31-27-28-39(34-18-7-6-17-33(31)34)43-35-19-8-10-21-37(35)44(38-22-11-9-20-36(38)43)40-23-12-24-42-45(40)41-26-25-30-15-4-5-16-32(30)46(41)47-42/h1-28H/i1D,2D,3D,6D,7D,13D,14D,17D,18D,27D,28D. The van der Waals surface area contributed by atoms with E-state index < -0.39 is 72.0 Å². The lowest BCUT2D eigenvalue weighted by Gasteiger charge is -2.20. The van der Waals surface area contributed by atoms with E-state index in [2.05, 4.69) is 18.2 Å². The number of benzene rings is 9. The first kappa shape index (κ1) is 17.5. The van der Waals surface area contributed by atoms with Crippen LogP contribution in [0.3, 0.4) is 0 Å². The molecule has 0 fully saturated rings. The van der Waals surface area contributed by atoms with Crippen molar-refractivity contribution >= 4 is 65.0 Å². The summed E-state index contributed by atoms with van der Waals surface area (Å²) >= 11 is 0. The smallest absolute Gasteiger partial charge is 0.143 e. The fraction of sp³-hybridized carbons (Fsp3) is 0. The molecule has 1 aromatic heterocycles. The van der Waals surface area contributed by atoms with Gasteiger partial charge in [-0.15, -0.1) is 0 Å². The van der Waals surface area contributed by atoms with Gasteiger partial charge in [0.2, 0.25) is 0 Å². The summed E-state index contributed by atoms with van der Waals surface area (Å²) in [6, 6.07) is 27.0. The molecule has 10 rings (SSSR count). The van der Waals surface area contributed by atoms with E-state index in [-0.39, 0.29) is 21.9 Å². The van der Waals surface area contributed by atoms with Gasteiger partial charge in [0.05, 0.1) is 15.1 Å². The lowest BCUT2D eigenvalue weighted by atomic mass is 9.83. The molecule has 1 heterocycles. The molecular formula is C46H28O. The SMILES string of the molecule is [2H]c1c([2H])c([2H])c(-c2c([2H])c([2H])c(-c3c4ccccc4c(-c4cccc5oc6c7ccccc7ccc6c45)c4ccccc34)c3c([2H])c([2H])c([2H])c([2H])c23)c([2H])c1[2H]. The molecule has 1 nitrogen and oxygen atoms in total. The van der Waals surface area contributed by atoms with E-state index in [0.29, 0.717) is 21.9 Å². The molecule has 0 saturated heterocycles. The van der Waals surface area contributed by atoms with Crippen LogP contribution in [0.4, 0.5) is 0 Å². The Kier molecular flexibility index (Phi) is 3.79. The summed E-state index contributed by atoms with van der Waals surface area (Å²) in [5, 5.41) is 6.49. The van der Waals surface area contributed by atoms with Crippen molar-refractivity contribution in [2.75, 3.05) is 0 Å². The van der Waals surface area contributed by atoms with Gasteiger partial charge < -0.3 is 4.42 Å². The van der Waals surface area contributed by atoms with Crippen LogP contribution in [0, 0.1) is 0 Å². The van der Waals surface area contributed by atoms with E-state index in [1.807, 2.05) is 84.9 Å². The third kappa shape index (κ3) is 3.84. The maximum Gasteiger partial charge on any atom is 0.143 e. The Labute approximate surface area is 287 Å². The second-order valence-electron chi connectivity index (χ2n) is 11.5. The van der Waals surface area contributed by atoms with Gasteiger partial charge in [0.15, 0.2) is 0 Å². The Hall–Kier alpha value is -6.18. The van der Waals surface area contributed by atoms with Crippen LogP contribution < -0.4 is 0 Å². The molecule has 10 aromatic rings. The second-order valence-corrected chi connectivity index (χ2v) is 11.5. The maximum absolute atomic E-state index is 9.69. The Balaban J connectivity index is 1.39. The van der Waals surface area contributed by atoms with E-state index in [9.17, 15) is 5.48 Å². The van der Waals surface area contributed by atoms with Gasteiger partial charge in [-0.2, -0.15) is 0 Å². The van der Waals surface area contributed by atoms with Gasteiger partial charge >= 0.3 is 0 Å². The van der Waals surface area contributed by atoms with E-state index in [4.69, 9.17) is 14.0 Å². The fourth-order valence-electron chi connectivity index (χ4n) is 7.14. The zero-order chi connectivity index (χ0) is 40.5. The zero-order valence-electron chi connectivity index (χ0n) is 35.7. The van der Waals surface area contributed by atoms with Crippen LogP contribution in [-0.4, -0.2) is 0 Å².